The second-order valence-electron chi connectivity index (χ2n) is 8.92. The van der Waals surface area contributed by atoms with Crippen molar-refractivity contribution in [3.63, 3.8) is 0 Å². The van der Waals surface area contributed by atoms with Crippen LogP contribution in [-0.4, -0.2) is 25.1 Å². The SMILES string of the molecule is C[C@H]1C2CCC(CC2)[C@@H]1Cc1cc(-c2ccco2)nc(-c2[nH]nc3ncccc23)n1. The zero-order valence-electron chi connectivity index (χ0n) is 17.1. The van der Waals surface area contributed by atoms with E-state index in [9.17, 15) is 0 Å². The molecule has 1 N–H and O–H groups in total. The molecule has 4 aromatic rings. The first-order chi connectivity index (χ1) is 14.8. The summed E-state index contributed by atoms with van der Waals surface area (Å²) < 4.78 is 5.67. The molecule has 6 nitrogen and oxygen atoms in total. The Labute approximate surface area is 175 Å². The molecule has 3 aliphatic rings. The molecule has 152 valence electrons. The molecule has 4 aromatic heterocycles. The van der Waals surface area contributed by atoms with Gasteiger partial charge in [-0.15, -0.1) is 0 Å². The smallest absolute Gasteiger partial charge is 0.181 e. The zero-order chi connectivity index (χ0) is 20.1. The number of aromatic amines is 1. The molecular formula is C24H25N5O. The van der Waals surface area contributed by atoms with Gasteiger partial charge in [0, 0.05) is 17.3 Å². The van der Waals surface area contributed by atoms with E-state index in [2.05, 4.69) is 28.2 Å². The van der Waals surface area contributed by atoms with Crippen LogP contribution in [0, 0.1) is 23.7 Å². The normalized spacial score (nSPS) is 25.8. The van der Waals surface area contributed by atoms with Gasteiger partial charge in [0.05, 0.1) is 6.26 Å². The quantitative estimate of drug-likeness (QED) is 0.504. The van der Waals surface area contributed by atoms with E-state index < -0.39 is 0 Å². The third-order valence-corrected chi connectivity index (χ3v) is 7.39. The molecule has 0 unspecified atom stereocenters. The number of furan rings is 1. The van der Waals surface area contributed by atoms with Crippen LogP contribution in [-0.2, 0) is 6.42 Å². The summed E-state index contributed by atoms with van der Waals surface area (Å²) in [5.41, 5.74) is 3.40. The van der Waals surface area contributed by atoms with Gasteiger partial charge in [-0.3, -0.25) is 5.10 Å². The van der Waals surface area contributed by atoms with Crippen LogP contribution in [0.15, 0.2) is 47.2 Å². The van der Waals surface area contributed by atoms with Gasteiger partial charge in [-0.05, 0) is 86.1 Å². The second-order valence-corrected chi connectivity index (χ2v) is 8.92. The van der Waals surface area contributed by atoms with Crippen LogP contribution in [0.2, 0.25) is 0 Å². The van der Waals surface area contributed by atoms with Gasteiger partial charge in [0.1, 0.15) is 11.4 Å². The summed E-state index contributed by atoms with van der Waals surface area (Å²) in [6, 6.07) is 9.88. The number of nitrogens with one attached hydrogen (secondary N) is 1. The third-order valence-electron chi connectivity index (χ3n) is 7.39. The van der Waals surface area contributed by atoms with Crippen LogP contribution in [0.25, 0.3) is 34.0 Å². The van der Waals surface area contributed by atoms with Crippen LogP contribution >= 0.6 is 0 Å². The van der Waals surface area contributed by atoms with Gasteiger partial charge in [0.2, 0.25) is 0 Å². The van der Waals surface area contributed by atoms with Crippen LogP contribution in [0.4, 0.5) is 0 Å². The van der Waals surface area contributed by atoms with Gasteiger partial charge in [-0.1, -0.05) is 6.92 Å². The van der Waals surface area contributed by atoms with Crippen molar-refractivity contribution in [2.75, 3.05) is 0 Å². The molecule has 7 rings (SSSR count). The Hall–Kier alpha value is -3.02. The molecule has 6 heteroatoms. The van der Waals surface area contributed by atoms with Crippen molar-refractivity contribution in [1.82, 2.24) is 25.1 Å². The lowest BCUT2D eigenvalue weighted by Gasteiger charge is -2.47. The van der Waals surface area contributed by atoms with E-state index in [4.69, 9.17) is 14.4 Å². The highest BCUT2D eigenvalue weighted by molar-refractivity contribution is 5.88. The molecule has 0 aliphatic heterocycles. The van der Waals surface area contributed by atoms with Crippen molar-refractivity contribution >= 4 is 11.0 Å². The molecule has 3 fully saturated rings. The third kappa shape index (κ3) is 2.93. The molecule has 0 saturated heterocycles. The van der Waals surface area contributed by atoms with E-state index in [1.165, 1.54) is 25.7 Å². The van der Waals surface area contributed by atoms with Crippen molar-refractivity contribution in [3.8, 4) is 23.0 Å². The number of hydrogen-bond donors (Lipinski definition) is 1. The first-order valence-corrected chi connectivity index (χ1v) is 11.0. The minimum atomic E-state index is 0.656. The highest BCUT2D eigenvalue weighted by atomic mass is 16.3. The maximum Gasteiger partial charge on any atom is 0.181 e. The van der Waals surface area contributed by atoms with Gasteiger partial charge in [-0.2, -0.15) is 5.10 Å². The summed E-state index contributed by atoms with van der Waals surface area (Å²) in [5, 5.41) is 8.37. The summed E-state index contributed by atoms with van der Waals surface area (Å²) >= 11 is 0. The molecule has 0 aromatic carbocycles. The van der Waals surface area contributed by atoms with E-state index in [0.717, 1.165) is 52.4 Å². The highest BCUT2D eigenvalue weighted by Gasteiger charge is 2.41. The van der Waals surface area contributed by atoms with Crippen molar-refractivity contribution in [2.24, 2.45) is 23.7 Å². The van der Waals surface area contributed by atoms with Crippen molar-refractivity contribution in [1.29, 1.82) is 0 Å². The first-order valence-electron chi connectivity index (χ1n) is 11.0. The second kappa shape index (κ2) is 7.04. The Morgan fingerprint density at radius 3 is 2.73 bits per heavy atom. The predicted octanol–water partition coefficient (Wildman–Crippen LogP) is 5.29. The molecule has 0 spiro atoms. The van der Waals surface area contributed by atoms with Crippen molar-refractivity contribution in [2.45, 2.75) is 39.0 Å². The minimum Gasteiger partial charge on any atom is -0.463 e. The van der Waals surface area contributed by atoms with Crippen molar-refractivity contribution in [3.05, 3.63) is 48.5 Å². The first kappa shape index (κ1) is 17.8. The predicted molar refractivity (Wildman–Crippen MR) is 114 cm³/mol. The lowest BCUT2D eigenvalue weighted by atomic mass is 9.58. The number of aromatic nitrogens is 5. The largest absolute Gasteiger partial charge is 0.463 e. The molecule has 0 amide bonds. The fraction of sp³-hybridized carbons (Fsp3) is 0.417. The lowest BCUT2D eigenvalue weighted by molar-refractivity contribution is 0.0339. The molecule has 4 heterocycles. The van der Waals surface area contributed by atoms with E-state index in [1.54, 1.807) is 12.5 Å². The minimum absolute atomic E-state index is 0.656. The molecule has 3 aliphatic carbocycles. The summed E-state index contributed by atoms with van der Waals surface area (Å²) in [4.78, 5) is 14.2. The Bertz CT molecular complexity index is 1170. The van der Waals surface area contributed by atoms with Gasteiger partial charge in [0.25, 0.3) is 0 Å². The summed E-state index contributed by atoms with van der Waals surface area (Å²) in [6.07, 6.45) is 9.99. The lowest BCUT2D eigenvalue weighted by Crippen LogP contribution is -2.39. The molecular weight excluding hydrogens is 374 g/mol. The standard InChI is InChI=1S/C24H25N5O/c1-14-15-6-8-16(9-7-15)19(14)12-17-13-20(21-5-3-11-30-21)27-24(26-17)22-18-4-2-10-25-23(18)29-28-22/h2-5,10-11,13-16,19H,6-9,12H2,1H3,(H,25,28,29)/t14-,15?,16?,19+/m0/s1. The fourth-order valence-electron chi connectivity index (χ4n) is 5.76. The maximum absolute atomic E-state index is 5.67. The number of hydrogen-bond acceptors (Lipinski definition) is 5. The molecule has 2 atom stereocenters. The Morgan fingerprint density at radius 1 is 1.07 bits per heavy atom. The molecule has 0 radical (unpaired) electrons. The van der Waals surface area contributed by atoms with Crippen LogP contribution in [0.3, 0.4) is 0 Å². The van der Waals surface area contributed by atoms with Crippen LogP contribution < -0.4 is 0 Å². The zero-order valence-corrected chi connectivity index (χ0v) is 17.1. The average Bonchev–Trinajstić information content (AvgIpc) is 3.47. The Kier molecular flexibility index (Phi) is 4.18. The Balaban J connectivity index is 1.43. The van der Waals surface area contributed by atoms with Gasteiger partial charge >= 0.3 is 0 Å². The summed E-state index contributed by atoms with van der Waals surface area (Å²) in [6.45, 7) is 2.45. The van der Waals surface area contributed by atoms with Gasteiger partial charge in [0.15, 0.2) is 17.2 Å². The van der Waals surface area contributed by atoms with E-state index in [0.29, 0.717) is 17.4 Å². The maximum atomic E-state index is 5.67. The monoisotopic (exact) mass is 399 g/mol. The van der Waals surface area contributed by atoms with E-state index in [-0.39, 0.29) is 0 Å². The average molecular weight is 399 g/mol. The number of fused-ring (bicyclic) bond motifs is 4. The van der Waals surface area contributed by atoms with Crippen LogP contribution in [0.1, 0.15) is 38.3 Å². The number of pyridine rings is 1. The fourth-order valence-corrected chi connectivity index (χ4v) is 5.76. The number of H-pyrrole nitrogens is 1. The topological polar surface area (TPSA) is 80.5 Å². The van der Waals surface area contributed by atoms with E-state index >= 15 is 0 Å². The summed E-state index contributed by atoms with van der Waals surface area (Å²) in [7, 11) is 0. The van der Waals surface area contributed by atoms with Crippen molar-refractivity contribution < 1.29 is 4.42 Å². The summed E-state index contributed by atoms with van der Waals surface area (Å²) in [5.74, 6) is 4.59. The highest BCUT2D eigenvalue weighted by Crippen LogP contribution is 2.49. The van der Waals surface area contributed by atoms with Crippen LogP contribution in [0.5, 0.6) is 0 Å². The van der Waals surface area contributed by atoms with Gasteiger partial charge in [-0.25, -0.2) is 15.0 Å². The van der Waals surface area contributed by atoms with Gasteiger partial charge < -0.3 is 4.42 Å². The molecule has 2 bridgehead atoms. The molecule has 30 heavy (non-hydrogen) atoms. The Morgan fingerprint density at radius 2 is 1.93 bits per heavy atom. The number of rotatable bonds is 4. The molecule has 3 saturated carbocycles. The number of nitrogens with zero attached hydrogens (tertiary/aromatic N) is 4. The van der Waals surface area contributed by atoms with E-state index in [1.807, 2.05) is 24.3 Å².